The van der Waals surface area contributed by atoms with Gasteiger partial charge in [-0.2, -0.15) is 55.7 Å². The van der Waals surface area contributed by atoms with E-state index in [1.54, 1.807) is 22.2 Å². The van der Waals surface area contributed by atoms with E-state index in [1.165, 1.54) is 67.3 Å². The molecule has 9 N–H and O–H groups in total. The highest BCUT2D eigenvalue weighted by Crippen LogP contribution is 2.34. The molecule has 32 nitrogen and oxygen atoms in total. The van der Waals surface area contributed by atoms with Crippen molar-refractivity contribution < 1.29 is 125 Å². The molecule has 0 fully saturated rings. The summed E-state index contributed by atoms with van der Waals surface area (Å²) < 4.78 is 172. The average Bonchev–Trinajstić information content (AvgIpc) is 0.935. The molecule has 0 aliphatic carbocycles. The fraction of sp³-hybridized carbons (Fsp3) is 0.217. The van der Waals surface area contributed by atoms with Crippen LogP contribution < -0.4 is 44.3 Å². The number of carboxylic acid groups (broad SMARTS) is 2. The molecule has 0 bridgehead atoms. The Labute approximate surface area is 510 Å². The highest BCUT2D eigenvalue weighted by atomic mass is 35.5. The van der Waals surface area contributed by atoms with Gasteiger partial charge in [-0.05, 0) is 61.4 Å². The number of sulfonamides is 2. The summed E-state index contributed by atoms with van der Waals surface area (Å²) in [6.07, 6.45) is -6.79. The molecule has 4 aromatic carbocycles. The zero-order chi connectivity index (χ0) is 67.9. The van der Waals surface area contributed by atoms with E-state index in [0.717, 1.165) is 31.4 Å². The summed E-state index contributed by atoms with van der Waals surface area (Å²) >= 11 is 11.8. The fourth-order valence-electron chi connectivity index (χ4n) is 6.11. The van der Waals surface area contributed by atoms with Crippen LogP contribution >= 0.6 is 30.8 Å². The summed E-state index contributed by atoms with van der Waals surface area (Å²) in [5, 5.41) is 34.5. The van der Waals surface area contributed by atoms with Gasteiger partial charge in [-0.3, -0.25) is 35.4 Å². The van der Waals surface area contributed by atoms with E-state index in [1.807, 2.05) is 0 Å². The van der Waals surface area contributed by atoms with Crippen LogP contribution in [0.15, 0.2) is 101 Å². The molecule has 2 aromatic heterocycles. The molecule has 2 heterocycles. The number of esters is 1. The van der Waals surface area contributed by atoms with Gasteiger partial charge in [-0.1, -0.05) is 53.5 Å². The zero-order valence-electron chi connectivity index (χ0n) is 45.2. The number of halogens is 9. The van der Waals surface area contributed by atoms with E-state index in [0.29, 0.717) is 16.8 Å². The number of nitrogens with zero attached hydrogens (tertiary/aromatic N) is 6. The number of nitro groups is 1. The van der Waals surface area contributed by atoms with Crippen LogP contribution in [-0.2, 0) is 40.6 Å². The molecule has 6 rings (SSSR count). The maximum Gasteiger partial charge on any atom is 0.389 e. The minimum atomic E-state index is -4.71. The van der Waals surface area contributed by atoms with Crippen LogP contribution in [0.3, 0.4) is 0 Å². The summed E-state index contributed by atoms with van der Waals surface area (Å²) in [6.45, 7) is -5.76. The predicted molar refractivity (Wildman–Crippen MR) is 293 cm³/mol. The number of aromatic carboxylic acids is 1. The number of hydrogen-bond acceptors (Lipinski definition) is 23. The van der Waals surface area contributed by atoms with Crippen LogP contribution in [0.5, 0.6) is 29.3 Å². The number of urea groups is 2. The van der Waals surface area contributed by atoms with E-state index in [4.69, 9.17) is 52.7 Å². The van der Waals surface area contributed by atoms with Crippen LogP contribution in [0.4, 0.5) is 57.9 Å². The molecule has 0 aliphatic rings. The molecule has 4 amide bonds. The molecule has 90 heavy (non-hydrogen) atoms. The minimum absolute atomic E-state index is 0.0715. The molecular formula is C46H43Cl2F7N11O21PS2. The van der Waals surface area contributed by atoms with E-state index >= 15 is 0 Å². The Kier molecular flexibility index (Phi) is 28.1. The molecule has 0 atom stereocenters. The summed E-state index contributed by atoms with van der Waals surface area (Å²) in [5.74, 6) is -5.98. The van der Waals surface area contributed by atoms with Gasteiger partial charge in [-0.15, -0.1) is 0 Å². The molecule has 0 saturated carbocycles. The number of methoxy groups -OCH3 is 2. The van der Waals surface area contributed by atoms with Crippen LogP contribution in [0.2, 0.25) is 10.0 Å². The number of ether oxygens (including phenoxy) is 5. The fourth-order valence-corrected chi connectivity index (χ4v) is 9.24. The van der Waals surface area contributed by atoms with Crippen molar-refractivity contribution in [2.24, 2.45) is 0 Å². The summed E-state index contributed by atoms with van der Waals surface area (Å²) in [4.78, 5) is 99.8. The first kappa shape index (κ1) is 74.9. The summed E-state index contributed by atoms with van der Waals surface area (Å²) in [6, 6.07) is 15.4. The van der Waals surface area contributed by atoms with Crippen molar-refractivity contribution in [1.82, 2.24) is 39.7 Å². The first-order valence-corrected chi connectivity index (χ1v) is 29.0. The van der Waals surface area contributed by atoms with Crippen molar-refractivity contribution in [3.63, 3.8) is 0 Å². The average molecular weight is 1380 g/mol. The van der Waals surface area contributed by atoms with Gasteiger partial charge in [0.25, 0.3) is 25.7 Å². The number of aromatic nitrogens is 5. The summed E-state index contributed by atoms with van der Waals surface area (Å²) in [7, 11) is -10.8. The second-order valence-corrected chi connectivity index (χ2v) is 22.0. The van der Waals surface area contributed by atoms with Crippen LogP contribution in [-0.4, -0.2) is 143 Å². The number of benzene rings is 4. The van der Waals surface area contributed by atoms with Gasteiger partial charge < -0.3 is 43.7 Å². The number of anilines is 2. The zero-order valence-corrected chi connectivity index (χ0v) is 49.3. The Morgan fingerprint density at radius 3 is 1.78 bits per heavy atom. The van der Waals surface area contributed by atoms with E-state index in [9.17, 15) is 86.2 Å². The molecule has 0 aliphatic heterocycles. The van der Waals surface area contributed by atoms with E-state index in [-0.39, 0.29) is 45.4 Å². The number of rotatable bonds is 22. The van der Waals surface area contributed by atoms with E-state index in [2.05, 4.69) is 49.8 Å². The normalized spacial score (nSPS) is 11.2. The number of nitro benzene ring substituents is 1. The number of carboxylic acids is 2. The number of nitrogens with one attached hydrogen (secondary N) is 5. The van der Waals surface area contributed by atoms with Gasteiger partial charge in [0.2, 0.25) is 23.7 Å². The topological polar surface area (TPSA) is 466 Å². The molecular weight excluding hydrogens is 1340 g/mol. The van der Waals surface area contributed by atoms with Crippen molar-refractivity contribution in [3.8, 4) is 29.3 Å². The lowest BCUT2D eigenvalue weighted by molar-refractivity contribution is -0.385. The monoisotopic (exact) mass is 1380 g/mol. The number of amides is 4. The highest BCUT2D eigenvalue weighted by molar-refractivity contribution is 7.90. The standard InChI is InChI=1S/C15H16F3N5O4S.C14H9Cl2NO5.C14H10F4N4O7S.C3H8NO5P/c1-9-19-12(22-14(20-9)27-2)21-13(24)23-28(25,26)11-6-4-3-5-10(11)7-8-15(16,17)18;1-21-14(18)10-7-9(3-4-12(10)17(19)20)22-13-5-2-8(15)6-11(13)16;15-11(16)28-8-5-9(29-12(17)18)20-13(19-8)21-14(25)22-30(26,27)7-4-2-1-3-6(7)10(23)24;5-3(6)1-4-2-10(7,8)9/h3-6H,7-8H2,1-2H3,(H2,19,20,21,22,23,24);2-7H,1H3;1-5,11-12H,(H,23,24)(H2,19,20,21,22,25);4H,1-2H2,(H,5,6)(H2,7,8,9). The molecule has 0 saturated heterocycles. The third kappa shape index (κ3) is 26.5. The Morgan fingerprint density at radius 2 is 1.28 bits per heavy atom. The third-order valence-corrected chi connectivity index (χ3v) is 13.5. The lowest BCUT2D eigenvalue weighted by Crippen LogP contribution is -2.35. The van der Waals surface area contributed by atoms with Gasteiger partial charge in [0.1, 0.15) is 27.8 Å². The number of alkyl halides is 7. The smallest absolute Gasteiger partial charge is 0.389 e. The van der Waals surface area contributed by atoms with Gasteiger partial charge in [0.05, 0.1) is 53.5 Å². The lowest BCUT2D eigenvalue weighted by atomic mass is 10.1. The van der Waals surface area contributed by atoms with Gasteiger partial charge in [-0.25, -0.2) is 45.5 Å². The number of aryl methyl sites for hydroxylation is 2. The number of carbonyl (C=O) groups excluding carboxylic acids is 3. The summed E-state index contributed by atoms with van der Waals surface area (Å²) in [5.41, 5.74) is -1.30. The molecule has 44 heteroatoms. The Bertz CT molecular complexity index is 3820. The van der Waals surface area contributed by atoms with E-state index < -0.39 is 141 Å². The van der Waals surface area contributed by atoms with Crippen molar-refractivity contribution >= 4 is 98.4 Å². The largest absolute Gasteiger partial charge is 0.480 e. The van der Waals surface area contributed by atoms with Gasteiger partial charge in [0.15, 0.2) is 0 Å². The Balaban J connectivity index is 0.000000330. The molecule has 6 aromatic rings. The van der Waals surface area contributed by atoms with Crippen molar-refractivity contribution in [3.05, 3.63) is 134 Å². The number of carbonyl (C=O) groups is 5. The van der Waals surface area contributed by atoms with Gasteiger partial charge in [0, 0.05) is 23.6 Å². The molecule has 0 spiro atoms. The predicted octanol–water partition coefficient (Wildman–Crippen LogP) is 7.36. The first-order chi connectivity index (χ1) is 41.8. The van der Waals surface area contributed by atoms with Crippen LogP contribution in [0, 0.1) is 17.0 Å². The SMILES string of the molecule is COC(=O)c1cc(Oc2ccc(Cl)cc2Cl)ccc1[N+](=O)[O-].COc1nc(C)nc(NC(=O)NS(=O)(=O)c2ccccc2CCC(F)(F)F)n1.O=C(Nc1nc(OC(F)F)cc(OC(F)F)n1)NS(=O)(=O)c1ccccc1C(=O)O.O=C(O)CNCP(=O)(O)O. The van der Waals surface area contributed by atoms with Crippen LogP contribution in [0.1, 0.15) is 38.5 Å². The van der Waals surface area contributed by atoms with Crippen molar-refractivity contribution in [2.45, 2.75) is 49.0 Å². The first-order valence-electron chi connectivity index (χ1n) is 23.5. The van der Waals surface area contributed by atoms with Crippen molar-refractivity contribution in [1.29, 1.82) is 0 Å². The minimum Gasteiger partial charge on any atom is -0.480 e. The Hall–Kier alpha value is -9.38. The molecule has 0 unspecified atom stereocenters. The maximum atomic E-state index is 12.5. The number of aliphatic carboxylic acids is 1. The maximum absolute atomic E-state index is 12.5. The lowest BCUT2D eigenvalue weighted by Gasteiger charge is -2.13. The van der Waals surface area contributed by atoms with Gasteiger partial charge >= 0.3 is 63.0 Å². The Morgan fingerprint density at radius 1 is 0.733 bits per heavy atom. The van der Waals surface area contributed by atoms with Crippen LogP contribution in [0.25, 0.3) is 0 Å². The van der Waals surface area contributed by atoms with Crippen molar-refractivity contribution in [2.75, 3.05) is 37.7 Å². The quantitative estimate of drug-likeness (QED) is 0.0105. The third-order valence-electron chi connectivity index (χ3n) is 9.55. The highest BCUT2D eigenvalue weighted by Gasteiger charge is 2.30. The molecule has 488 valence electrons. The second-order valence-electron chi connectivity index (χ2n) is 16.2. The second kappa shape index (κ2) is 33.8. The molecule has 0 radical (unpaired) electrons. The number of hydrogen-bond donors (Lipinski definition) is 9.